The summed E-state index contributed by atoms with van der Waals surface area (Å²) in [6, 6.07) is 9.43. The van der Waals surface area contributed by atoms with E-state index in [-0.39, 0.29) is 23.0 Å². The average molecular weight is 531 g/mol. The van der Waals surface area contributed by atoms with Gasteiger partial charge in [-0.3, -0.25) is 9.79 Å². The molecule has 2 aromatic carbocycles. The van der Waals surface area contributed by atoms with E-state index in [2.05, 4.69) is 15.2 Å². The van der Waals surface area contributed by atoms with E-state index in [1.54, 1.807) is 24.3 Å². The molecule has 1 amide bonds. The molecule has 2 heterocycles. The Labute approximate surface area is 217 Å². The van der Waals surface area contributed by atoms with Gasteiger partial charge in [0.1, 0.15) is 5.75 Å². The fourth-order valence-electron chi connectivity index (χ4n) is 4.02. The Hall–Kier alpha value is -3.49. The molecule has 0 radical (unpaired) electrons. The second-order valence-electron chi connectivity index (χ2n) is 8.49. The molecule has 4 rings (SSSR count). The van der Waals surface area contributed by atoms with Crippen LogP contribution in [0, 0.1) is 11.3 Å². The van der Waals surface area contributed by atoms with Crippen molar-refractivity contribution in [3.05, 3.63) is 58.0 Å². The third-order valence-electron chi connectivity index (χ3n) is 5.89. The van der Waals surface area contributed by atoms with Crippen molar-refractivity contribution in [2.45, 2.75) is 25.4 Å². The lowest BCUT2D eigenvalue weighted by Gasteiger charge is -2.25. The number of nitriles is 1. The van der Waals surface area contributed by atoms with Crippen LogP contribution in [0.3, 0.4) is 0 Å². The molecule has 7 nitrogen and oxygen atoms in total. The van der Waals surface area contributed by atoms with Crippen LogP contribution in [0.1, 0.15) is 36.0 Å². The van der Waals surface area contributed by atoms with Gasteiger partial charge in [-0.25, -0.2) is 0 Å². The number of nitrogens with one attached hydrogen (secondary N) is 1. The van der Waals surface area contributed by atoms with Gasteiger partial charge in [0.25, 0.3) is 5.91 Å². The first-order chi connectivity index (χ1) is 17.8. The summed E-state index contributed by atoms with van der Waals surface area (Å²) < 4.78 is 51.4. The second-order valence-corrected chi connectivity index (χ2v) is 9.52. The van der Waals surface area contributed by atoms with E-state index in [1.807, 2.05) is 0 Å². The number of piperidine rings is 1. The van der Waals surface area contributed by atoms with Crippen molar-refractivity contribution < 1.29 is 27.4 Å². The number of halogens is 3. The van der Waals surface area contributed by atoms with Gasteiger partial charge in [0.15, 0.2) is 16.7 Å². The number of amides is 1. The van der Waals surface area contributed by atoms with E-state index in [9.17, 15) is 18.0 Å². The third-order valence-corrected chi connectivity index (χ3v) is 6.84. The molecular weight excluding hydrogens is 505 g/mol. The lowest BCUT2D eigenvalue weighted by Crippen LogP contribution is -2.32. The number of hydrogen-bond acceptors (Lipinski definition) is 7. The molecule has 2 fully saturated rings. The van der Waals surface area contributed by atoms with Crippen LogP contribution in [-0.2, 0) is 11.0 Å². The number of thioether (sulfide) groups is 1. The van der Waals surface area contributed by atoms with Crippen molar-refractivity contribution in [1.29, 1.82) is 5.26 Å². The lowest BCUT2D eigenvalue weighted by molar-refractivity contribution is -0.138. The predicted molar refractivity (Wildman–Crippen MR) is 136 cm³/mol. The molecule has 2 aromatic rings. The number of aliphatic imine (C=N–C) groups is 1. The zero-order chi connectivity index (χ0) is 26.4. The number of nitrogens with zero attached hydrogens (tertiary/aromatic N) is 3. The van der Waals surface area contributed by atoms with Gasteiger partial charge < -0.3 is 19.7 Å². The second kappa shape index (κ2) is 11.7. The number of likely N-dealkylation sites (tertiary alicyclic amines) is 1. The van der Waals surface area contributed by atoms with Crippen molar-refractivity contribution in [2.75, 3.05) is 33.3 Å². The number of methoxy groups -OCH3 is 1. The monoisotopic (exact) mass is 530 g/mol. The maximum atomic E-state index is 13.5. The van der Waals surface area contributed by atoms with Gasteiger partial charge in [-0.2, -0.15) is 18.4 Å². The first kappa shape index (κ1) is 26.6. The first-order valence-corrected chi connectivity index (χ1v) is 12.5. The summed E-state index contributed by atoms with van der Waals surface area (Å²) in [7, 11) is 1.37. The van der Waals surface area contributed by atoms with Crippen LogP contribution >= 0.6 is 11.8 Å². The Morgan fingerprint density at radius 2 is 1.89 bits per heavy atom. The molecule has 0 aromatic heterocycles. The minimum absolute atomic E-state index is 0.0587. The number of carbonyl (C=O) groups excluding carboxylic acids is 1. The Morgan fingerprint density at radius 3 is 2.59 bits per heavy atom. The number of benzene rings is 2. The maximum Gasteiger partial charge on any atom is 0.420 e. The normalized spacial score (nSPS) is 18.6. The highest BCUT2D eigenvalue weighted by Crippen LogP contribution is 2.41. The summed E-state index contributed by atoms with van der Waals surface area (Å²) in [5, 5.41) is 12.3. The van der Waals surface area contributed by atoms with Crippen LogP contribution in [0.4, 0.5) is 13.2 Å². The summed E-state index contributed by atoms with van der Waals surface area (Å²) in [5.41, 5.74) is -0.589. The van der Waals surface area contributed by atoms with Gasteiger partial charge in [0.2, 0.25) is 0 Å². The average Bonchev–Trinajstić information content (AvgIpc) is 3.23. The SMILES string of the molecule is COc1cc(/C=C2\SC(=NCCN3CCCCC3)NC2=O)ccc1Oc1ccc(C#N)cc1C(F)(F)F. The first-order valence-electron chi connectivity index (χ1n) is 11.7. The number of amidine groups is 1. The summed E-state index contributed by atoms with van der Waals surface area (Å²) in [4.78, 5) is 19.7. The minimum Gasteiger partial charge on any atom is -0.493 e. The molecule has 11 heteroatoms. The Morgan fingerprint density at radius 1 is 1.14 bits per heavy atom. The summed E-state index contributed by atoms with van der Waals surface area (Å²) in [5.74, 6) is -0.477. The highest BCUT2D eigenvalue weighted by atomic mass is 32.2. The van der Waals surface area contributed by atoms with Crippen molar-refractivity contribution in [2.24, 2.45) is 4.99 Å². The van der Waals surface area contributed by atoms with Crippen molar-refractivity contribution in [3.8, 4) is 23.3 Å². The lowest BCUT2D eigenvalue weighted by atomic mass is 10.1. The Balaban J connectivity index is 1.47. The number of ether oxygens (including phenoxy) is 2. The highest BCUT2D eigenvalue weighted by Gasteiger charge is 2.35. The molecule has 0 aliphatic carbocycles. The van der Waals surface area contributed by atoms with E-state index in [0.29, 0.717) is 22.2 Å². The third kappa shape index (κ3) is 6.84. The van der Waals surface area contributed by atoms with E-state index in [0.717, 1.165) is 31.8 Å². The number of hydrogen-bond donors (Lipinski definition) is 1. The zero-order valence-corrected chi connectivity index (χ0v) is 20.9. The molecule has 1 N–H and O–H groups in total. The fraction of sp³-hybridized carbons (Fsp3) is 0.346. The van der Waals surface area contributed by atoms with Gasteiger partial charge in [0.05, 0.1) is 35.8 Å². The molecule has 0 bridgehead atoms. The fourth-order valence-corrected chi connectivity index (χ4v) is 4.86. The van der Waals surface area contributed by atoms with Crippen molar-refractivity contribution in [1.82, 2.24) is 10.2 Å². The predicted octanol–water partition coefficient (Wildman–Crippen LogP) is 5.42. The molecule has 0 unspecified atom stereocenters. The molecule has 2 saturated heterocycles. The van der Waals surface area contributed by atoms with Crippen LogP contribution in [0.2, 0.25) is 0 Å². The van der Waals surface area contributed by atoms with E-state index < -0.39 is 17.5 Å². The van der Waals surface area contributed by atoms with Gasteiger partial charge in [-0.15, -0.1) is 0 Å². The highest BCUT2D eigenvalue weighted by molar-refractivity contribution is 8.18. The van der Waals surface area contributed by atoms with Crippen LogP contribution in [-0.4, -0.2) is 49.3 Å². The molecular formula is C26H25F3N4O3S. The summed E-state index contributed by atoms with van der Waals surface area (Å²) in [6.45, 7) is 3.62. The zero-order valence-electron chi connectivity index (χ0n) is 20.1. The van der Waals surface area contributed by atoms with E-state index >= 15 is 0 Å². The topological polar surface area (TPSA) is 86.9 Å². The van der Waals surface area contributed by atoms with Gasteiger partial charge in [-0.05, 0) is 79.7 Å². The van der Waals surface area contributed by atoms with Crippen LogP contribution in [0.25, 0.3) is 6.08 Å². The van der Waals surface area contributed by atoms with Gasteiger partial charge in [-0.1, -0.05) is 12.5 Å². The standard InChI is InChI=1S/C26H25F3N4O3S/c1-35-22-14-17(5-8-21(22)36-20-7-6-18(16-30)13-19(20)26(27,28)29)15-23-24(34)32-25(37-23)31-9-12-33-10-3-2-4-11-33/h5-8,13-15H,2-4,9-12H2,1H3,(H,31,32,34)/b23-15-. The molecule has 0 spiro atoms. The van der Waals surface area contributed by atoms with Crippen molar-refractivity contribution >= 4 is 28.9 Å². The molecule has 2 aliphatic rings. The molecule has 194 valence electrons. The quantitative estimate of drug-likeness (QED) is 0.481. The van der Waals surface area contributed by atoms with Gasteiger partial charge >= 0.3 is 6.18 Å². The maximum absolute atomic E-state index is 13.5. The summed E-state index contributed by atoms with van der Waals surface area (Å²) >= 11 is 1.24. The van der Waals surface area contributed by atoms with Crippen LogP contribution < -0.4 is 14.8 Å². The Bertz CT molecular complexity index is 1260. The molecule has 2 aliphatic heterocycles. The molecule has 37 heavy (non-hydrogen) atoms. The number of carbonyl (C=O) groups is 1. The molecule has 0 saturated carbocycles. The minimum atomic E-state index is -4.71. The van der Waals surface area contributed by atoms with Gasteiger partial charge in [0, 0.05) is 6.54 Å². The number of rotatable bonds is 7. The van der Waals surface area contributed by atoms with Crippen molar-refractivity contribution in [3.63, 3.8) is 0 Å². The number of alkyl halides is 3. The smallest absolute Gasteiger partial charge is 0.420 e. The largest absolute Gasteiger partial charge is 0.493 e. The Kier molecular flexibility index (Phi) is 8.41. The summed E-state index contributed by atoms with van der Waals surface area (Å²) in [6.07, 6.45) is 0.633. The molecule has 0 atom stereocenters. The van der Waals surface area contributed by atoms with E-state index in [1.165, 1.54) is 50.3 Å². The van der Waals surface area contributed by atoms with Crippen LogP contribution in [0.15, 0.2) is 46.3 Å². The van der Waals surface area contributed by atoms with E-state index in [4.69, 9.17) is 14.7 Å². The van der Waals surface area contributed by atoms with Crippen LogP contribution in [0.5, 0.6) is 17.2 Å².